The Kier molecular flexibility index (Phi) is 8.17. The average Bonchev–Trinajstić information content (AvgIpc) is 2.58. The minimum atomic E-state index is -2.10. The quantitative estimate of drug-likeness (QED) is 0.671. The van der Waals surface area contributed by atoms with Crippen molar-refractivity contribution in [1.82, 2.24) is 5.32 Å². The molecule has 0 aliphatic rings. The molecule has 0 radical (unpaired) electrons. The summed E-state index contributed by atoms with van der Waals surface area (Å²) < 4.78 is 24.8. The molecule has 162 valence electrons. The third-order valence-corrected chi connectivity index (χ3v) is 3.54. The summed E-state index contributed by atoms with van der Waals surface area (Å²) in [6.07, 6.45) is -2.69. The number of alkyl halides is 1. The van der Waals surface area contributed by atoms with Gasteiger partial charge < -0.3 is 20.1 Å². The van der Waals surface area contributed by atoms with Gasteiger partial charge in [-0.05, 0) is 65.8 Å². The van der Waals surface area contributed by atoms with Crippen molar-refractivity contribution >= 4 is 23.5 Å². The van der Waals surface area contributed by atoms with E-state index in [9.17, 15) is 18.8 Å². The van der Waals surface area contributed by atoms with E-state index in [-0.39, 0.29) is 5.56 Å². The van der Waals surface area contributed by atoms with Gasteiger partial charge in [-0.15, -0.1) is 0 Å². The fourth-order valence-electron chi connectivity index (χ4n) is 2.29. The second kappa shape index (κ2) is 9.71. The molecule has 1 rings (SSSR count). The number of carbonyl (C=O) groups is 3. The lowest BCUT2D eigenvalue weighted by atomic mass is 10.1. The summed E-state index contributed by atoms with van der Waals surface area (Å²) in [5, 5.41) is 5.39. The SMILES string of the molecule is CNc1ccc(C(=O)N[C@@H](C[C@H](F)C(=O)OC(C)(C)C)C(=O)OC(C)(C)C)cc1. The summed E-state index contributed by atoms with van der Waals surface area (Å²) in [5.74, 6) is -2.51. The second-order valence-electron chi connectivity index (χ2n) is 8.62. The first-order chi connectivity index (χ1) is 13.2. The van der Waals surface area contributed by atoms with Gasteiger partial charge in [-0.25, -0.2) is 14.0 Å². The lowest BCUT2D eigenvalue weighted by Gasteiger charge is -2.26. The van der Waals surface area contributed by atoms with Crippen LogP contribution in [0.25, 0.3) is 0 Å². The van der Waals surface area contributed by atoms with Crippen LogP contribution in [0.3, 0.4) is 0 Å². The topological polar surface area (TPSA) is 93.7 Å². The van der Waals surface area contributed by atoms with Gasteiger partial charge in [0.05, 0.1) is 0 Å². The number of ether oxygens (including phenoxy) is 2. The van der Waals surface area contributed by atoms with Crippen molar-refractivity contribution in [2.24, 2.45) is 0 Å². The third-order valence-electron chi connectivity index (χ3n) is 3.54. The van der Waals surface area contributed by atoms with Crippen molar-refractivity contribution < 1.29 is 28.2 Å². The minimum absolute atomic E-state index is 0.283. The van der Waals surface area contributed by atoms with E-state index in [1.807, 2.05) is 0 Å². The Morgan fingerprint density at radius 1 is 0.931 bits per heavy atom. The van der Waals surface area contributed by atoms with Crippen LogP contribution in [0.2, 0.25) is 0 Å². The molecule has 0 saturated heterocycles. The fraction of sp³-hybridized carbons (Fsp3) is 0.571. The normalized spacial score (nSPS) is 13.8. The molecule has 0 aromatic heterocycles. The highest BCUT2D eigenvalue weighted by molar-refractivity contribution is 5.97. The number of amides is 1. The molecular formula is C21H31FN2O5. The highest BCUT2D eigenvalue weighted by Crippen LogP contribution is 2.17. The summed E-state index contributed by atoms with van der Waals surface area (Å²) in [6, 6.07) is 5.15. The van der Waals surface area contributed by atoms with Gasteiger partial charge in [-0.3, -0.25) is 4.79 Å². The molecule has 0 heterocycles. The Bertz CT molecular complexity index is 720. The molecule has 0 unspecified atom stereocenters. The van der Waals surface area contributed by atoms with Gasteiger partial charge in [-0.1, -0.05) is 0 Å². The molecule has 8 heteroatoms. The molecular weight excluding hydrogens is 379 g/mol. The molecule has 0 fully saturated rings. The van der Waals surface area contributed by atoms with Gasteiger partial charge in [0.2, 0.25) is 0 Å². The number of hydrogen-bond acceptors (Lipinski definition) is 6. The summed E-state index contributed by atoms with van der Waals surface area (Å²) >= 11 is 0. The monoisotopic (exact) mass is 410 g/mol. The van der Waals surface area contributed by atoms with E-state index in [0.29, 0.717) is 0 Å². The Morgan fingerprint density at radius 2 is 1.41 bits per heavy atom. The van der Waals surface area contributed by atoms with Crippen LogP contribution in [-0.2, 0) is 19.1 Å². The van der Waals surface area contributed by atoms with Crippen molar-refractivity contribution in [3.05, 3.63) is 29.8 Å². The number of rotatable bonds is 7. The van der Waals surface area contributed by atoms with Gasteiger partial charge in [0.1, 0.15) is 17.2 Å². The maximum Gasteiger partial charge on any atom is 0.341 e. The van der Waals surface area contributed by atoms with Crippen LogP contribution in [0.15, 0.2) is 24.3 Å². The van der Waals surface area contributed by atoms with Crippen LogP contribution in [0.1, 0.15) is 58.3 Å². The zero-order valence-corrected chi connectivity index (χ0v) is 18.1. The number of hydrogen-bond donors (Lipinski definition) is 2. The first-order valence-corrected chi connectivity index (χ1v) is 9.40. The van der Waals surface area contributed by atoms with Crippen LogP contribution in [0.5, 0.6) is 0 Å². The van der Waals surface area contributed by atoms with Crippen LogP contribution >= 0.6 is 0 Å². The zero-order valence-electron chi connectivity index (χ0n) is 18.1. The third kappa shape index (κ3) is 8.93. The average molecular weight is 410 g/mol. The van der Waals surface area contributed by atoms with Crippen LogP contribution in [-0.4, -0.2) is 48.3 Å². The van der Waals surface area contributed by atoms with Crippen LogP contribution in [0, 0.1) is 0 Å². The molecule has 1 amide bonds. The predicted octanol–water partition coefficient (Wildman–Crippen LogP) is 3.24. The molecule has 1 aromatic carbocycles. The van der Waals surface area contributed by atoms with Gasteiger partial charge in [0.15, 0.2) is 6.17 Å². The molecule has 0 aliphatic heterocycles. The summed E-state index contributed by atoms with van der Waals surface area (Å²) in [5.41, 5.74) is -0.628. The largest absolute Gasteiger partial charge is 0.458 e. The molecule has 7 nitrogen and oxygen atoms in total. The molecule has 0 saturated carbocycles. The van der Waals surface area contributed by atoms with E-state index in [4.69, 9.17) is 9.47 Å². The standard InChI is InChI=1S/C21H31FN2O5/c1-20(2,3)28-18(26)15(22)12-16(19(27)29-21(4,5)6)24-17(25)13-8-10-14(23-7)11-9-13/h8-11,15-16,23H,12H2,1-7H3,(H,24,25)/t15-,16-/m0/s1. The Balaban J connectivity index is 2.96. The summed E-state index contributed by atoms with van der Waals surface area (Å²) in [6.45, 7) is 9.79. The summed E-state index contributed by atoms with van der Waals surface area (Å²) in [7, 11) is 1.74. The van der Waals surface area contributed by atoms with Gasteiger partial charge in [-0.2, -0.15) is 0 Å². The number of halogens is 1. The van der Waals surface area contributed by atoms with Crippen molar-refractivity contribution in [1.29, 1.82) is 0 Å². The van der Waals surface area contributed by atoms with Gasteiger partial charge >= 0.3 is 11.9 Å². The molecule has 2 N–H and O–H groups in total. The van der Waals surface area contributed by atoms with Crippen LogP contribution < -0.4 is 10.6 Å². The molecule has 1 aromatic rings. The number of nitrogens with one attached hydrogen (secondary N) is 2. The second-order valence-corrected chi connectivity index (χ2v) is 8.62. The maximum atomic E-state index is 14.5. The number of carbonyl (C=O) groups excluding carboxylic acids is 3. The first-order valence-electron chi connectivity index (χ1n) is 9.40. The zero-order chi connectivity index (χ0) is 22.4. The smallest absolute Gasteiger partial charge is 0.341 e. The molecule has 0 spiro atoms. The minimum Gasteiger partial charge on any atom is -0.458 e. The van der Waals surface area contributed by atoms with E-state index >= 15 is 0 Å². The Hall–Kier alpha value is -2.64. The fourth-order valence-corrected chi connectivity index (χ4v) is 2.29. The van der Waals surface area contributed by atoms with Crippen molar-refractivity contribution in [2.75, 3.05) is 12.4 Å². The Morgan fingerprint density at radius 3 is 1.86 bits per heavy atom. The predicted molar refractivity (Wildman–Crippen MR) is 108 cm³/mol. The lowest BCUT2D eigenvalue weighted by Crippen LogP contribution is -2.46. The van der Waals surface area contributed by atoms with E-state index in [1.165, 1.54) is 0 Å². The molecule has 2 atom stereocenters. The van der Waals surface area contributed by atoms with Crippen molar-refractivity contribution in [3.8, 4) is 0 Å². The van der Waals surface area contributed by atoms with Crippen molar-refractivity contribution in [2.45, 2.75) is 71.4 Å². The Labute approximate surface area is 171 Å². The molecule has 0 bridgehead atoms. The van der Waals surface area contributed by atoms with Gasteiger partial charge in [0, 0.05) is 24.7 Å². The van der Waals surface area contributed by atoms with E-state index in [1.54, 1.807) is 72.9 Å². The number of anilines is 1. The number of benzene rings is 1. The summed E-state index contributed by atoms with van der Waals surface area (Å²) in [4.78, 5) is 37.0. The van der Waals surface area contributed by atoms with E-state index in [0.717, 1.165) is 5.69 Å². The number of esters is 2. The maximum absolute atomic E-state index is 14.5. The van der Waals surface area contributed by atoms with E-state index < -0.39 is 47.7 Å². The van der Waals surface area contributed by atoms with Gasteiger partial charge in [0.25, 0.3) is 5.91 Å². The molecule has 29 heavy (non-hydrogen) atoms. The highest BCUT2D eigenvalue weighted by atomic mass is 19.1. The van der Waals surface area contributed by atoms with E-state index in [2.05, 4.69) is 10.6 Å². The van der Waals surface area contributed by atoms with Crippen LogP contribution in [0.4, 0.5) is 10.1 Å². The molecule has 0 aliphatic carbocycles. The van der Waals surface area contributed by atoms with Crippen molar-refractivity contribution in [3.63, 3.8) is 0 Å². The first kappa shape index (κ1) is 24.4. The lowest BCUT2D eigenvalue weighted by molar-refractivity contribution is -0.163. The highest BCUT2D eigenvalue weighted by Gasteiger charge is 2.34.